The first-order chi connectivity index (χ1) is 7.28. The Morgan fingerprint density at radius 2 is 1.19 bits per heavy atom. The summed E-state index contributed by atoms with van der Waals surface area (Å²) in [5.41, 5.74) is 0. The number of hydrogen-bond acceptors (Lipinski definition) is 2. The first kappa shape index (κ1) is 11.6. The average molecular weight is 302 g/mol. The van der Waals surface area contributed by atoms with Crippen molar-refractivity contribution in [2.75, 3.05) is 0 Å². The Kier molecular flexibility index (Phi) is 2.23. The number of Topliss-reactive ketones (excluding diaryl/α,β-unsaturated/α-hetero) is 2. The van der Waals surface area contributed by atoms with Crippen molar-refractivity contribution in [2.45, 2.75) is 21.5 Å². The summed E-state index contributed by atoms with van der Waals surface area (Å²) < 4.78 is -2.59. The Bertz CT molecular complexity index is 368. The SMILES string of the molecule is O=C1C2CC3C(=O)C(Cl)(Cl)C3CC2C1(Cl)Cl. The molecule has 3 rings (SSSR count). The molecule has 0 aliphatic heterocycles. The maximum Gasteiger partial charge on any atom is 0.179 e. The van der Waals surface area contributed by atoms with Crippen molar-refractivity contribution in [3.05, 3.63) is 0 Å². The molecule has 0 heterocycles. The third-order valence-corrected chi connectivity index (χ3v) is 6.12. The highest BCUT2D eigenvalue weighted by atomic mass is 35.5. The molecule has 3 saturated carbocycles. The summed E-state index contributed by atoms with van der Waals surface area (Å²) in [4.78, 5) is 23.2. The van der Waals surface area contributed by atoms with Gasteiger partial charge in [-0.2, -0.15) is 0 Å². The first-order valence-corrected chi connectivity index (χ1v) is 6.63. The van der Waals surface area contributed by atoms with E-state index in [4.69, 9.17) is 46.4 Å². The summed E-state index contributed by atoms with van der Waals surface area (Å²) in [6, 6.07) is 0. The van der Waals surface area contributed by atoms with Crippen LogP contribution in [0.15, 0.2) is 0 Å². The van der Waals surface area contributed by atoms with Crippen LogP contribution < -0.4 is 0 Å². The molecule has 16 heavy (non-hydrogen) atoms. The van der Waals surface area contributed by atoms with Crippen LogP contribution in [0, 0.1) is 23.7 Å². The fraction of sp³-hybridized carbons (Fsp3) is 0.800. The van der Waals surface area contributed by atoms with Gasteiger partial charge in [0.1, 0.15) is 0 Å². The lowest BCUT2D eigenvalue weighted by Crippen LogP contribution is -2.68. The first-order valence-electron chi connectivity index (χ1n) is 5.12. The van der Waals surface area contributed by atoms with Crippen molar-refractivity contribution in [3.8, 4) is 0 Å². The molecule has 3 aliphatic carbocycles. The maximum absolute atomic E-state index is 11.6. The van der Waals surface area contributed by atoms with Crippen molar-refractivity contribution in [1.82, 2.24) is 0 Å². The van der Waals surface area contributed by atoms with Crippen LogP contribution in [0.4, 0.5) is 0 Å². The smallest absolute Gasteiger partial charge is 0.179 e. The van der Waals surface area contributed by atoms with Crippen LogP contribution in [0.3, 0.4) is 0 Å². The second-order valence-corrected chi connectivity index (χ2v) is 7.64. The number of halogens is 4. The van der Waals surface area contributed by atoms with Crippen LogP contribution >= 0.6 is 46.4 Å². The van der Waals surface area contributed by atoms with Gasteiger partial charge in [0, 0.05) is 23.7 Å². The van der Waals surface area contributed by atoms with E-state index < -0.39 is 8.67 Å². The van der Waals surface area contributed by atoms with Crippen LogP contribution in [0.1, 0.15) is 12.8 Å². The maximum atomic E-state index is 11.6. The molecule has 3 fully saturated rings. The Morgan fingerprint density at radius 1 is 0.812 bits per heavy atom. The van der Waals surface area contributed by atoms with Gasteiger partial charge in [0.25, 0.3) is 0 Å². The molecule has 3 aliphatic rings. The number of ketones is 2. The van der Waals surface area contributed by atoms with Crippen LogP contribution in [-0.2, 0) is 9.59 Å². The summed E-state index contributed by atoms with van der Waals surface area (Å²) in [5, 5.41) is 0. The van der Waals surface area contributed by atoms with Crippen LogP contribution in [0.2, 0.25) is 0 Å². The second-order valence-electron chi connectivity index (χ2n) is 4.87. The molecular weight excluding hydrogens is 294 g/mol. The van der Waals surface area contributed by atoms with Crippen LogP contribution in [-0.4, -0.2) is 20.2 Å². The third kappa shape index (κ3) is 1.12. The van der Waals surface area contributed by atoms with E-state index in [1.54, 1.807) is 0 Å². The number of hydrogen-bond donors (Lipinski definition) is 0. The fourth-order valence-electron chi connectivity index (χ4n) is 3.25. The molecule has 88 valence electrons. The van der Waals surface area contributed by atoms with Crippen LogP contribution in [0.25, 0.3) is 0 Å². The number of carbonyl (C=O) groups is 2. The molecule has 0 aromatic carbocycles. The molecule has 0 aromatic rings. The van der Waals surface area contributed by atoms with E-state index in [-0.39, 0.29) is 35.2 Å². The van der Waals surface area contributed by atoms with Gasteiger partial charge in [-0.25, -0.2) is 0 Å². The van der Waals surface area contributed by atoms with Gasteiger partial charge >= 0.3 is 0 Å². The summed E-state index contributed by atoms with van der Waals surface area (Å²) in [6.45, 7) is 0. The largest absolute Gasteiger partial charge is 0.296 e. The molecular formula is C10H8Cl4O2. The summed E-state index contributed by atoms with van der Waals surface area (Å²) in [7, 11) is 0. The van der Waals surface area contributed by atoms with Gasteiger partial charge in [-0.3, -0.25) is 9.59 Å². The molecule has 0 bridgehead atoms. The van der Waals surface area contributed by atoms with E-state index in [1.807, 2.05) is 0 Å². The van der Waals surface area contributed by atoms with Crippen molar-refractivity contribution in [2.24, 2.45) is 23.7 Å². The molecule has 0 radical (unpaired) electrons. The minimum atomic E-state index is -1.29. The molecule has 6 heteroatoms. The average Bonchev–Trinajstić information content (AvgIpc) is 2.25. The number of carbonyl (C=O) groups excluding carboxylic acids is 2. The molecule has 0 spiro atoms. The summed E-state index contributed by atoms with van der Waals surface area (Å²) in [6.07, 6.45) is 1.07. The van der Waals surface area contributed by atoms with E-state index >= 15 is 0 Å². The Balaban J connectivity index is 1.86. The monoisotopic (exact) mass is 300 g/mol. The van der Waals surface area contributed by atoms with E-state index in [9.17, 15) is 9.59 Å². The Labute approximate surface area is 113 Å². The van der Waals surface area contributed by atoms with Gasteiger partial charge in [-0.05, 0) is 12.8 Å². The zero-order valence-electron chi connectivity index (χ0n) is 8.05. The minimum Gasteiger partial charge on any atom is -0.296 e. The number of alkyl halides is 4. The highest BCUT2D eigenvalue weighted by molar-refractivity contribution is 6.62. The lowest BCUT2D eigenvalue weighted by molar-refractivity contribution is -0.153. The summed E-state index contributed by atoms with van der Waals surface area (Å²) in [5.74, 6) is -0.874. The lowest BCUT2D eigenvalue weighted by Gasteiger charge is -2.58. The zero-order valence-corrected chi connectivity index (χ0v) is 11.1. The van der Waals surface area contributed by atoms with Crippen molar-refractivity contribution in [3.63, 3.8) is 0 Å². The molecule has 2 nitrogen and oxygen atoms in total. The predicted molar refractivity (Wildman–Crippen MR) is 62.1 cm³/mol. The van der Waals surface area contributed by atoms with E-state index in [0.29, 0.717) is 12.8 Å². The quantitative estimate of drug-likeness (QED) is 0.645. The highest BCUT2D eigenvalue weighted by Crippen LogP contribution is 2.65. The van der Waals surface area contributed by atoms with Crippen molar-refractivity contribution in [1.29, 1.82) is 0 Å². The predicted octanol–water partition coefficient (Wildman–Crippen LogP) is 2.76. The van der Waals surface area contributed by atoms with Gasteiger partial charge < -0.3 is 0 Å². The third-order valence-electron chi connectivity index (χ3n) is 4.25. The lowest BCUT2D eigenvalue weighted by atomic mass is 9.51. The van der Waals surface area contributed by atoms with Gasteiger partial charge in [-0.15, -0.1) is 0 Å². The minimum absolute atomic E-state index is 0.102. The van der Waals surface area contributed by atoms with E-state index in [2.05, 4.69) is 0 Å². The Morgan fingerprint density at radius 3 is 1.56 bits per heavy atom. The van der Waals surface area contributed by atoms with Gasteiger partial charge in [0.2, 0.25) is 0 Å². The topological polar surface area (TPSA) is 34.1 Å². The van der Waals surface area contributed by atoms with Gasteiger partial charge in [-0.1, -0.05) is 46.4 Å². The van der Waals surface area contributed by atoms with Gasteiger partial charge in [0.05, 0.1) is 0 Å². The van der Waals surface area contributed by atoms with Crippen LogP contribution in [0.5, 0.6) is 0 Å². The zero-order chi connectivity index (χ0) is 11.9. The summed E-state index contributed by atoms with van der Waals surface area (Å²) >= 11 is 23.8. The number of rotatable bonds is 0. The van der Waals surface area contributed by atoms with Crippen molar-refractivity contribution < 1.29 is 9.59 Å². The molecule has 0 saturated heterocycles. The molecule has 4 unspecified atom stereocenters. The normalized spacial score (nSPS) is 47.5. The highest BCUT2D eigenvalue weighted by Gasteiger charge is 2.71. The Hall–Kier alpha value is 0.500. The van der Waals surface area contributed by atoms with E-state index in [0.717, 1.165) is 0 Å². The molecule has 0 aromatic heterocycles. The molecule has 0 amide bonds. The number of fused-ring (bicyclic) bond motifs is 2. The van der Waals surface area contributed by atoms with Gasteiger partial charge in [0.15, 0.2) is 20.2 Å². The molecule has 4 atom stereocenters. The van der Waals surface area contributed by atoms with E-state index in [1.165, 1.54) is 0 Å². The molecule has 0 N–H and O–H groups in total. The standard InChI is InChI=1S/C10H8Cl4O2/c11-9(12)5-2-6-4(1-3(5)7(9)15)8(16)10(6,13)14/h3-6H,1-2H2. The fourth-order valence-corrected chi connectivity index (χ4v) is 4.78. The second kappa shape index (κ2) is 3.09. The van der Waals surface area contributed by atoms with Crippen molar-refractivity contribution >= 4 is 58.0 Å².